The van der Waals surface area contributed by atoms with Crippen molar-refractivity contribution in [1.29, 1.82) is 0 Å². The van der Waals surface area contributed by atoms with Crippen LogP contribution in [0.1, 0.15) is 26.7 Å². The van der Waals surface area contributed by atoms with Gasteiger partial charge in [-0.15, -0.1) is 0 Å². The number of nitrogens with two attached hydrogens (primary N) is 1. The van der Waals surface area contributed by atoms with Crippen molar-refractivity contribution in [2.75, 3.05) is 13.1 Å². The number of hydrogen-bond donors (Lipinski definition) is 2. The molecule has 66 valence electrons. The summed E-state index contributed by atoms with van der Waals surface area (Å²) in [6.07, 6.45) is 1.90. The Morgan fingerprint density at radius 1 is 1.55 bits per heavy atom. The molecule has 11 heavy (non-hydrogen) atoms. The maximum Gasteiger partial charge on any atom is 0.224 e. The molecule has 3 nitrogen and oxygen atoms in total. The molecule has 0 saturated carbocycles. The van der Waals surface area contributed by atoms with E-state index in [1.807, 2.05) is 6.92 Å². The van der Waals surface area contributed by atoms with Gasteiger partial charge in [-0.1, -0.05) is 13.3 Å². The van der Waals surface area contributed by atoms with Crippen molar-refractivity contribution < 1.29 is 4.79 Å². The molecule has 0 aromatic heterocycles. The predicted molar refractivity (Wildman–Crippen MR) is 46.1 cm³/mol. The van der Waals surface area contributed by atoms with Gasteiger partial charge in [0.05, 0.1) is 5.92 Å². The third-order valence-electron chi connectivity index (χ3n) is 1.64. The lowest BCUT2D eigenvalue weighted by molar-refractivity contribution is -0.124. The Morgan fingerprint density at radius 2 is 2.18 bits per heavy atom. The molecule has 0 aromatic carbocycles. The molecule has 3 N–H and O–H groups in total. The highest BCUT2D eigenvalue weighted by Crippen LogP contribution is 2.03. The van der Waals surface area contributed by atoms with E-state index in [1.54, 1.807) is 0 Å². The van der Waals surface area contributed by atoms with E-state index in [9.17, 15) is 4.79 Å². The van der Waals surface area contributed by atoms with Crippen molar-refractivity contribution in [2.45, 2.75) is 26.7 Å². The average molecular weight is 158 g/mol. The molecule has 0 fully saturated rings. The Balaban J connectivity index is 3.71. The highest BCUT2D eigenvalue weighted by molar-refractivity contribution is 5.78. The molecular weight excluding hydrogens is 140 g/mol. The van der Waals surface area contributed by atoms with Gasteiger partial charge in [0, 0.05) is 13.1 Å². The second-order valence-corrected chi connectivity index (χ2v) is 2.62. The van der Waals surface area contributed by atoms with E-state index in [1.165, 1.54) is 0 Å². The molecule has 1 unspecified atom stereocenters. The minimum atomic E-state index is 0.0138. The summed E-state index contributed by atoms with van der Waals surface area (Å²) in [4.78, 5) is 11.2. The monoisotopic (exact) mass is 158 g/mol. The molecule has 0 aliphatic heterocycles. The van der Waals surface area contributed by atoms with Crippen LogP contribution in [0.4, 0.5) is 0 Å². The smallest absolute Gasteiger partial charge is 0.224 e. The van der Waals surface area contributed by atoms with Gasteiger partial charge >= 0.3 is 0 Å². The highest BCUT2D eigenvalue weighted by Gasteiger charge is 2.13. The van der Waals surface area contributed by atoms with Crippen LogP contribution in [-0.2, 0) is 4.79 Å². The molecule has 0 radical (unpaired) electrons. The predicted octanol–water partition coefficient (Wildman–Crippen LogP) is 0.497. The Kier molecular flexibility index (Phi) is 5.84. The van der Waals surface area contributed by atoms with Crippen molar-refractivity contribution in [1.82, 2.24) is 5.32 Å². The van der Waals surface area contributed by atoms with Gasteiger partial charge in [-0.25, -0.2) is 0 Å². The first kappa shape index (κ1) is 10.4. The summed E-state index contributed by atoms with van der Waals surface area (Å²) in [5.74, 6) is 0.108. The van der Waals surface area contributed by atoms with Crippen LogP contribution in [-0.4, -0.2) is 19.0 Å². The molecule has 0 bridgehead atoms. The Morgan fingerprint density at radius 3 is 2.55 bits per heavy atom. The number of amides is 1. The average Bonchev–Trinajstić information content (AvgIpc) is 2.00. The lowest BCUT2D eigenvalue weighted by atomic mass is 10.0. The van der Waals surface area contributed by atoms with E-state index in [0.717, 1.165) is 12.8 Å². The fraction of sp³-hybridized carbons (Fsp3) is 0.875. The summed E-state index contributed by atoms with van der Waals surface area (Å²) in [5, 5.41) is 2.76. The van der Waals surface area contributed by atoms with Crippen molar-refractivity contribution in [3.8, 4) is 0 Å². The normalized spacial score (nSPS) is 12.6. The van der Waals surface area contributed by atoms with Crippen LogP contribution in [0, 0.1) is 5.92 Å². The number of rotatable bonds is 5. The molecule has 0 saturated heterocycles. The van der Waals surface area contributed by atoms with Gasteiger partial charge in [0.2, 0.25) is 5.91 Å². The van der Waals surface area contributed by atoms with Gasteiger partial charge in [0.15, 0.2) is 0 Å². The van der Waals surface area contributed by atoms with Crippen molar-refractivity contribution in [3.63, 3.8) is 0 Å². The summed E-state index contributed by atoms with van der Waals surface area (Å²) in [6.45, 7) is 5.12. The Bertz CT molecular complexity index is 115. The van der Waals surface area contributed by atoms with E-state index < -0.39 is 0 Å². The molecule has 0 aliphatic rings. The van der Waals surface area contributed by atoms with E-state index in [-0.39, 0.29) is 11.8 Å². The topological polar surface area (TPSA) is 55.1 Å². The van der Waals surface area contributed by atoms with Crippen LogP contribution in [0.5, 0.6) is 0 Å². The first-order chi connectivity index (χ1) is 5.26. The van der Waals surface area contributed by atoms with Crippen LogP contribution in [0.3, 0.4) is 0 Å². The third kappa shape index (κ3) is 3.98. The molecule has 0 aliphatic carbocycles. The number of carbonyl (C=O) groups excluding carboxylic acids is 1. The minimum absolute atomic E-state index is 0.0138. The zero-order valence-electron chi connectivity index (χ0n) is 7.39. The quantitative estimate of drug-likeness (QED) is 0.612. The second-order valence-electron chi connectivity index (χ2n) is 2.62. The van der Waals surface area contributed by atoms with Gasteiger partial charge in [-0.05, 0) is 13.3 Å². The minimum Gasteiger partial charge on any atom is -0.356 e. The molecule has 1 atom stereocenters. The first-order valence-corrected chi connectivity index (χ1v) is 4.24. The largest absolute Gasteiger partial charge is 0.356 e. The van der Waals surface area contributed by atoms with Gasteiger partial charge in [0.25, 0.3) is 0 Å². The van der Waals surface area contributed by atoms with Crippen LogP contribution in [0.2, 0.25) is 0 Å². The fourth-order valence-electron chi connectivity index (χ4n) is 1.02. The molecule has 0 heterocycles. The fourth-order valence-corrected chi connectivity index (χ4v) is 1.02. The van der Waals surface area contributed by atoms with Gasteiger partial charge < -0.3 is 11.1 Å². The van der Waals surface area contributed by atoms with E-state index >= 15 is 0 Å². The molecule has 0 spiro atoms. The summed E-state index contributed by atoms with van der Waals surface area (Å²) in [5.41, 5.74) is 5.43. The number of carbonyl (C=O) groups is 1. The summed E-state index contributed by atoms with van der Waals surface area (Å²) in [7, 11) is 0. The lowest BCUT2D eigenvalue weighted by Gasteiger charge is -2.12. The molecule has 1 amide bonds. The molecular formula is C8H18N2O. The van der Waals surface area contributed by atoms with E-state index in [4.69, 9.17) is 5.73 Å². The van der Waals surface area contributed by atoms with Crippen LogP contribution >= 0.6 is 0 Å². The standard InChI is InChI=1S/C8H18N2O/c1-3-5-7(6-9)8(11)10-4-2/h7H,3-6,9H2,1-2H3,(H,10,11). The van der Waals surface area contributed by atoms with Crippen LogP contribution in [0.25, 0.3) is 0 Å². The van der Waals surface area contributed by atoms with Gasteiger partial charge in [-0.2, -0.15) is 0 Å². The Hall–Kier alpha value is -0.570. The summed E-state index contributed by atoms with van der Waals surface area (Å²) >= 11 is 0. The molecule has 0 rings (SSSR count). The first-order valence-electron chi connectivity index (χ1n) is 4.24. The van der Waals surface area contributed by atoms with Gasteiger partial charge in [-0.3, -0.25) is 4.79 Å². The highest BCUT2D eigenvalue weighted by atomic mass is 16.1. The number of nitrogens with one attached hydrogen (secondary N) is 1. The lowest BCUT2D eigenvalue weighted by Crippen LogP contribution is -2.34. The zero-order chi connectivity index (χ0) is 8.69. The van der Waals surface area contributed by atoms with Crippen LogP contribution < -0.4 is 11.1 Å². The second kappa shape index (κ2) is 6.16. The van der Waals surface area contributed by atoms with E-state index in [0.29, 0.717) is 13.1 Å². The molecule has 3 heteroatoms. The van der Waals surface area contributed by atoms with E-state index in [2.05, 4.69) is 12.2 Å². The van der Waals surface area contributed by atoms with Crippen molar-refractivity contribution in [2.24, 2.45) is 11.7 Å². The molecule has 0 aromatic rings. The maximum absolute atomic E-state index is 11.2. The van der Waals surface area contributed by atoms with Crippen molar-refractivity contribution in [3.05, 3.63) is 0 Å². The van der Waals surface area contributed by atoms with Crippen LogP contribution in [0.15, 0.2) is 0 Å². The number of hydrogen-bond acceptors (Lipinski definition) is 2. The summed E-state index contributed by atoms with van der Waals surface area (Å²) in [6, 6.07) is 0. The SMILES string of the molecule is CCCC(CN)C(=O)NCC. The zero-order valence-corrected chi connectivity index (χ0v) is 7.39. The third-order valence-corrected chi connectivity index (χ3v) is 1.64. The maximum atomic E-state index is 11.2. The van der Waals surface area contributed by atoms with Gasteiger partial charge in [0.1, 0.15) is 0 Å². The summed E-state index contributed by atoms with van der Waals surface area (Å²) < 4.78 is 0. The Labute approximate surface area is 68.3 Å². The van der Waals surface area contributed by atoms with Crippen molar-refractivity contribution >= 4 is 5.91 Å².